The van der Waals surface area contributed by atoms with Gasteiger partial charge < -0.3 is 4.48 Å². The molecule has 1 nitrogen and oxygen atoms in total. The molecule has 1 aliphatic rings. The van der Waals surface area contributed by atoms with Crippen LogP contribution in [0.25, 0.3) is 10.8 Å². The summed E-state index contributed by atoms with van der Waals surface area (Å²) in [4.78, 5) is 0. The molecule has 1 saturated carbocycles. The van der Waals surface area contributed by atoms with Crippen LogP contribution < -0.4 is 0 Å². The molecule has 100 valence electrons. The van der Waals surface area contributed by atoms with Crippen LogP contribution in [0, 0.1) is 0 Å². The highest BCUT2D eigenvalue weighted by atomic mass is 15.3. The van der Waals surface area contributed by atoms with Crippen LogP contribution in [0.5, 0.6) is 0 Å². The highest BCUT2D eigenvalue weighted by Crippen LogP contribution is 2.30. The standard InChI is InChI=1S/C18H24N/c1-19(2,17-11-4-5-12-17)14-16-10-7-9-15-8-3-6-13-18(15)16/h3,6-10,13,17H,4-5,11-12,14H2,1-2H3/q+1. The lowest BCUT2D eigenvalue weighted by molar-refractivity contribution is -0.927. The van der Waals surface area contributed by atoms with Crippen LogP contribution in [-0.4, -0.2) is 24.6 Å². The van der Waals surface area contributed by atoms with Crippen molar-refractivity contribution in [3.05, 3.63) is 48.0 Å². The number of rotatable bonds is 3. The molecule has 0 aliphatic heterocycles. The van der Waals surface area contributed by atoms with Gasteiger partial charge in [0.15, 0.2) is 0 Å². The molecule has 0 saturated heterocycles. The molecular weight excluding hydrogens is 230 g/mol. The first-order valence-electron chi connectivity index (χ1n) is 7.46. The summed E-state index contributed by atoms with van der Waals surface area (Å²) in [7, 11) is 4.80. The van der Waals surface area contributed by atoms with Crippen LogP contribution in [0.2, 0.25) is 0 Å². The van der Waals surface area contributed by atoms with Gasteiger partial charge in [0.2, 0.25) is 0 Å². The van der Waals surface area contributed by atoms with Gasteiger partial charge in [-0.3, -0.25) is 0 Å². The molecular formula is C18H24N+. The van der Waals surface area contributed by atoms with E-state index in [0.29, 0.717) is 0 Å². The normalized spacial score (nSPS) is 17.2. The second-order valence-corrected chi connectivity index (χ2v) is 6.51. The Morgan fingerprint density at radius 1 is 0.947 bits per heavy atom. The zero-order chi connectivity index (χ0) is 13.3. The Balaban J connectivity index is 1.92. The number of benzene rings is 2. The van der Waals surface area contributed by atoms with E-state index in [-0.39, 0.29) is 0 Å². The van der Waals surface area contributed by atoms with E-state index in [1.54, 1.807) is 0 Å². The highest BCUT2D eigenvalue weighted by molar-refractivity contribution is 5.85. The Hall–Kier alpha value is -1.34. The van der Waals surface area contributed by atoms with Gasteiger partial charge in [-0.25, -0.2) is 0 Å². The molecule has 3 rings (SSSR count). The summed E-state index contributed by atoms with van der Waals surface area (Å²) in [5, 5.41) is 2.79. The first-order chi connectivity index (χ1) is 9.17. The Morgan fingerprint density at radius 3 is 2.42 bits per heavy atom. The summed E-state index contributed by atoms with van der Waals surface area (Å²) in [6, 6.07) is 16.3. The first-order valence-corrected chi connectivity index (χ1v) is 7.46. The van der Waals surface area contributed by atoms with E-state index in [1.807, 2.05) is 0 Å². The van der Waals surface area contributed by atoms with E-state index in [2.05, 4.69) is 56.6 Å². The fourth-order valence-electron chi connectivity index (χ4n) is 3.60. The van der Waals surface area contributed by atoms with Crippen molar-refractivity contribution in [1.82, 2.24) is 0 Å². The van der Waals surface area contributed by atoms with Gasteiger partial charge in [0.1, 0.15) is 6.54 Å². The summed E-state index contributed by atoms with van der Waals surface area (Å²) in [6.45, 7) is 1.14. The molecule has 1 aliphatic carbocycles. The van der Waals surface area contributed by atoms with Crippen LogP contribution >= 0.6 is 0 Å². The smallest absolute Gasteiger partial charge is 0.105 e. The van der Waals surface area contributed by atoms with Gasteiger partial charge >= 0.3 is 0 Å². The molecule has 1 fully saturated rings. The number of nitrogens with zero attached hydrogens (tertiary/aromatic N) is 1. The van der Waals surface area contributed by atoms with Crippen molar-refractivity contribution in [3.8, 4) is 0 Å². The predicted molar refractivity (Wildman–Crippen MR) is 82.0 cm³/mol. The van der Waals surface area contributed by atoms with Crippen LogP contribution in [0.3, 0.4) is 0 Å². The maximum Gasteiger partial charge on any atom is 0.105 e. The van der Waals surface area contributed by atoms with Gasteiger partial charge in [-0.05, 0) is 36.5 Å². The van der Waals surface area contributed by atoms with Crippen molar-refractivity contribution in [2.75, 3.05) is 14.1 Å². The summed E-state index contributed by atoms with van der Waals surface area (Å²) in [5.74, 6) is 0. The van der Waals surface area contributed by atoms with Gasteiger partial charge in [-0.15, -0.1) is 0 Å². The average molecular weight is 254 g/mol. The Morgan fingerprint density at radius 2 is 1.63 bits per heavy atom. The third-order valence-electron chi connectivity index (χ3n) is 4.77. The predicted octanol–water partition coefficient (Wildman–Crippen LogP) is 4.36. The quantitative estimate of drug-likeness (QED) is 0.714. The Kier molecular flexibility index (Phi) is 3.32. The second kappa shape index (κ2) is 4.97. The minimum atomic E-state index is 0.846. The molecule has 1 heteroatoms. The van der Waals surface area contributed by atoms with Crippen LogP contribution in [0.4, 0.5) is 0 Å². The number of hydrogen-bond acceptors (Lipinski definition) is 0. The van der Waals surface area contributed by atoms with Crippen LogP contribution in [0.1, 0.15) is 31.2 Å². The topological polar surface area (TPSA) is 0 Å². The number of hydrogen-bond donors (Lipinski definition) is 0. The number of quaternary nitrogens is 1. The monoisotopic (exact) mass is 254 g/mol. The van der Waals surface area contributed by atoms with Crippen molar-refractivity contribution in [2.24, 2.45) is 0 Å². The molecule has 19 heavy (non-hydrogen) atoms. The van der Waals surface area contributed by atoms with E-state index in [1.165, 1.54) is 42.0 Å². The van der Waals surface area contributed by atoms with Crippen molar-refractivity contribution >= 4 is 10.8 Å². The zero-order valence-electron chi connectivity index (χ0n) is 12.1. The Bertz CT molecular complexity index is 559. The Labute approximate surface area is 116 Å². The van der Waals surface area contributed by atoms with E-state index in [9.17, 15) is 0 Å². The van der Waals surface area contributed by atoms with E-state index in [4.69, 9.17) is 0 Å². The molecule has 0 radical (unpaired) electrons. The summed E-state index contributed by atoms with van der Waals surface area (Å²) in [6.07, 6.45) is 5.64. The minimum Gasteiger partial charge on any atom is -0.322 e. The van der Waals surface area contributed by atoms with Gasteiger partial charge in [-0.2, -0.15) is 0 Å². The lowest BCUT2D eigenvalue weighted by atomic mass is 10.0. The second-order valence-electron chi connectivity index (χ2n) is 6.51. The molecule has 0 spiro atoms. The summed E-state index contributed by atoms with van der Waals surface area (Å²) < 4.78 is 1.13. The van der Waals surface area contributed by atoms with Crippen molar-refractivity contribution in [1.29, 1.82) is 0 Å². The van der Waals surface area contributed by atoms with Gasteiger partial charge in [0, 0.05) is 5.56 Å². The van der Waals surface area contributed by atoms with E-state index >= 15 is 0 Å². The zero-order valence-corrected chi connectivity index (χ0v) is 12.1. The fourth-order valence-corrected chi connectivity index (χ4v) is 3.60. The maximum absolute atomic E-state index is 2.40. The molecule has 0 heterocycles. The fraction of sp³-hybridized carbons (Fsp3) is 0.444. The van der Waals surface area contributed by atoms with Gasteiger partial charge in [0.05, 0.1) is 20.1 Å². The SMILES string of the molecule is C[N+](C)(Cc1cccc2ccccc12)C1CCCC1. The van der Waals surface area contributed by atoms with E-state index in [0.717, 1.165) is 17.1 Å². The lowest BCUT2D eigenvalue weighted by Gasteiger charge is -2.36. The van der Waals surface area contributed by atoms with Crippen molar-refractivity contribution in [2.45, 2.75) is 38.3 Å². The number of fused-ring (bicyclic) bond motifs is 1. The van der Waals surface area contributed by atoms with Gasteiger partial charge in [-0.1, -0.05) is 42.5 Å². The average Bonchev–Trinajstić information content (AvgIpc) is 2.93. The molecule has 2 aromatic rings. The third kappa shape index (κ3) is 2.52. The molecule has 2 aromatic carbocycles. The lowest BCUT2D eigenvalue weighted by Crippen LogP contribution is -2.46. The van der Waals surface area contributed by atoms with E-state index < -0.39 is 0 Å². The molecule has 0 atom stereocenters. The van der Waals surface area contributed by atoms with Crippen molar-refractivity contribution in [3.63, 3.8) is 0 Å². The summed E-state index contributed by atoms with van der Waals surface area (Å²) in [5.41, 5.74) is 1.50. The van der Waals surface area contributed by atoms with Crippen molar-refractivity contribution < 1.29 is 4.48 Å². The largest absolute Gasteiger partial charge is 0.322 e. The molecule has 0 unspecified atom stereocenters. The summed E-state index contributed by atoms with van der Waals surface area (Å²) >= 11 is 0. The highest BCUT2D eigenvalue weighted by Gasteiger charge is 2.31. The minimum absolute atomic E-state index is 0.846. The van der Waals surface area contributed by atoms with Crippen LogP contribution in [0.15, 0.2) is 42.5 Å². The molecule has 0 bridgehead atoms. The molecule has 0 N–H and O–H groups in total. The first kappa shape index (κ1) is 12.7. The van der Waals surface area contributed by atoms with Crippen LogP contribution in [-0.2, 0) is 6.54 Å². The molecule has 0 aromatic heterocycles. The van der Waals surface area contributed by atoms with Gasteiger partial charge in [0.25, 0.3) is 0 Å². The maximum atomic E-state index is 2.40. The molecule has 0 amide bonds. The third-order valence-corrected chi connectivity index (χ3v) is 4.77.